The minimum atomic E-state index is -0.771. The van der Waals surface area contributed by atoms with Crippen LogP contribution in [0.1, 0.15) is 419 Å². The predicted octanol–water partition coefficient (Wildman–Crippen LogP) is 25.3. The van der Waals surface area contributed by atoms with Crippen LogP contribution in [0.25, 0.3) is 0 Å². The second-order valence-electron chi connectivity index (χ2n) is 25.2. The lowest BCUT2D eigenvalue weighted by Gasteiger charge is -2.18. The van der Waals surface area contributed by atoms with Crippen LogP contribution < -0.4 is 0 Å². The van der Waals surface area contributed by atoms with Gasteiger partial charge in [-0.1, -0.05) is 373 Å². The number of carbonyl (C=O) groups is 3. The van der Waals surface area contributed by atoms with E-state index < -0.39 is 6.10 Å². The molecule has 0 aromatic heterocycles. The second-order valence-corrected chi connectivity index (χ2v) is 25.2. The molecule has 0 heterocycles. The van der Waals surface area contributed by atoms with Crippen LogP contribution in [0.15, 0.2) is 24.3 Å². The molecular weight excluding hydrogens is 997 g/mol. The smallest absolute Gasteiger partial charge is 0.306 e. The van der Waals surface area contributed by atoms with Crippen LogP contribution in [0.3, 0.4) is 0 Å². The zero-order valence-electron chi connectivity index (χ0n) is 55.1. The average molecular weight is 1140 g/mol. The molecular formula is C75H142O6. The summed E-state index contributed by atoms with van der Waals surface area (Å²) in [5, 5.41) is 0. The van der Waals surface area contributed by atoms with E-state index in [2.05, 4.69) is 45.1 Å². The monoisotopic (exact) mass is 1140 g/mol. The van der Waals surface area contributed by atoms with Crippen LogP contribution in [-0.2, 0) is 28.6 Å². The van der Waals surface area contributed by atoms with E-state index >= 15 is 0 Å². The first-order valence-corrected chi connectivity index (χ1v) is 36.8. The quantitative estimate of drug-likeness (QED) is 0.0261. The Labute approximate surface area is 506 Å². The second kappa shape index (κ2) is 70.4. The standard InChI is InChI=1S/C75H142O6/c1-4-7-10-13-16-19-22-25-28-31-34-35-36-37-38-39-42-44-47-50-53-56-59-62-65-68-74(77)80-71-72(81-75(78)69-66-63-60-57-54-51-48-45-41-33-30-27-24-21-18-15-12-9-6-3)70-79-73(76)67-64-61-58-55-52-49-46-43-40-32-29-26-23-20-17-14-11-8-5-2/h18,21,27,30,72H,4-17,19-20,22-26,28-29,31-71H2,1-3H3/b21-18-,30-27-. The van der Waals surface area contributed by atoms with Gasteiger partial charge in [-0.2, -0.15) is 0 Å². The van der Waals surface area contributed by atoms with Gasteiger partial charge < -0.3 is 14.2 Å². The van der Waals surface area contributed by atoms with E-state index in [0.717, 1.165) is 64.2 Å². The lowest BCUT2D eigenvalue weighted by atomic mass is 10.0. The summed E-state index contributed by atoms with van der Waals surface area (Å²) >= 11 is 0. The summed E-state index contributed by atoms with van der Waals surface area (Å²) in [4.78, 5) is 38.5. The molecule has 0 saturated carbocycles. The largest absolute Gasteiger partial charge is 0.462 e. The Kier molecular flexibility index (Phi) is 68.5. The number of esters is 3. The Morgan fingerprint density at radius 2 is 0.444 bits per heavy atom. The number of ether oxygens (including phenoxy) is 3. The summed E-state index contributed by atoms with van der Waals surface area (Å²) in [7, 11) is 0. The first kappa shape index (κ1) is 78.9. The van der Waals surface area contributed by atoms with Crippen LogP contribution in [0.2, 0.25) is 0 Å². The molecule has 0 aromatic rings. The molecule has 1 atom stereocenters. The number of rotatable bonds is 69. The van der Waals surface area contributed by atoms with Crippen LogP contribution in [0.4, 0.5) is 0 Å². The van der Waals surface area contributed by atoms with E-state index in [1.54, 1.807) is 0 Å². The van der Waals surface area contributed by atoms with Gasteiger partial charge in [-0.05, 0) is 51.4 Å². The fourth-order valence-electron chi connectivity index (χ4n) is 11.4. The molecule has 0 fully saturated rings. The summed E-state index contributed by atoms with van der Waals surface area (Å²) in [6.45, 7) is 6.71. The fourth-order valence-corrected chi connectivity index (χ4v) is 11.4. The summed E-state index contributed by atoms with van der Waals surface area (Å²) < 4.78 is 17.0. The van der Waals surface area contributed by atoms with Crippen molar-refractivity contribution in [3.63, 3.8) is 0 Å². The lowest BCUT2D eigenvalue weighted by molar-refractivity contribution is -0.167. The predicted molar refractivity (Wildman–Crippen MR) is 353 cm³/mol. The maximum absolute atomic E-state index is 13.0. The van der Waals surface area contributed by atoms with Gasteiger partial charge >= 0.3 is 17.9 Å². The molecule has 0 rings (SSSR count). The molecule has 478 valence electrons. The molecule has 0 N–H and O–H groups in total. The van der Waals surface area contributed by atoms with Gasteiger partial charge in [0.15, 0.2) is 6.10 Å². The van der Waals surface area contributed by atoms with Crippen LogP contribution in [0, 0.1) is 0 Å². The molecule has 0 bridgehead atoms. The van der Waals surface area contributed by atoms with Gasteiger partial charge in [0.05, 0.1) is 0 Å². The normalized spacial score (nSPS) is 12.1. The van der Waals surface area contributed by atoms with Gasteiger partial charge in [0, 0.05) is 19.3 Å². The number of hydrogen-bond acceptors (Lipinski definition) is 6. The molecule has 1 unspecified atom stereocenters. The molecule has 0 radical (unpaired) electrons. The Balaban J connectivity index is 4.27. The molecule has 0 saturated heterocycles. The summed E-state index contributed by atoms with van der Waals surface area (Å²) in [5.74, 6) is -0.833. The van der Waals surface area contributed by atoms with Crippen molar-refractivity contribution in [1.29, 1.82) is 0 Å². The van der Waals surface area contributed by atoms with Crippen LogP contribution >= 0.6 is 0 Å². The van der Waals surface area contributed by atoms with Crippen molar-refractivity contribution in [2.75, 3.05) is 13.2 Å². The summed E-state index contributed by atoms with van der Waals surface area (Å²) in [6, 6.07) is 0. The van der Waals surface area contributed by atoms with Gasteiger partial charge in [0.25, 0.3) is 0 Å². The maximum Gasteiger partial charge on any atom is 0.306 e. The molecule has 0 spiro atoms. The molecule has 0 aromatic carbocycles. The van der Waals surface area contributed by atoms with Gasteiger partial charge in [-0.3, -0.25) is 14.4 Å². The topological polar surface area (TPSA) is 78.9 Å². The highest BCUT2D eigenvalue weighted by Gasteiger charge is 2.20. The first-order chi connectivity index (χ1) is 40.0. The number of allylic oxidation sites excluding steroid dienone is 4. The van der Waals surface area contributed by atoms with Gasteiger partial charge in [-0.15, -0.1) is 0 Å². The van der Waals surface area contributed by atoms with Crippen molar-refractivity contribution in [2.24, 2.45) is 0 Å². The maximum atomic E-state index is 13.0. The first-order valence-electron chi connectivity index (χ1n) is 36.8. The number of unbranched alkanes of at least 4 members (excludes halogenated alkanes) is 54. The van der Waals surface area contributed by atoms with Crippen molar-refractivity contribution in [3.05, 3.63) is 24.3 Å². The highest BCUT2D eigenvalue weighted by Crippen LogP contribution is 2.19. The van der Waals surface area contributed by atoms with Crippen LogP contribution in [-0.4, -0.2) is 37.2 Å². The van der Waals surface area contributed by atoms with Gasteiger partial charge in [0.1, 0.15) is 13.2 Å². The molecule has 0 amide bonds. The molecule has 0 aliphatic carbocycles. The Morgan fingerprint density at radius 1 is 0.247 bits per heavy atom. The van der Waals surface area contributed by atoms with Gasteiger partial charge in [-0.25, -0.2) is 0 Å². The molecule has 81 heavy (non-hydrogen) atoms. The average Bonchev–Trinajstić information content (AvgIpc) is 3.47. The molecule has 6 heteroatoms. The summed E-state index contributed by atoms with van der Waals surface area (Å²) in [6.07, 6.45) is 86.4. The van der Waals surface area contributed by atoms with Crippen molar-refractivity contribution in [1.82, 2.24) is 0 Å². The number of carbonyl (C=O) groups excluding carboxylic acids is 3. The third-order valence-electron chi connectivity index (χ3n) is 17.0. The lowest BCUT2D eigenvalue weighted by Crippen LogP contribution is -2.30. The fraction of sp³-hybridized carbons (Fsp3) is 0.907. The van der Waals surface area contributed by atoms with Crippen molar-refractivity contribution >= 4 is 17.9 Å². The zero-order valence-corrected chi connectivity index (χ0v) is 55.1. The summed E-state index contributed by atoms with van der Waals surface area (Å²) in [5.41, 5.74) is 0. The Hall–Kier alpha value is -2.11. The Bertz CT molecular complexity index is 1310. The van der Waals surface area contributed by atoms with Crippen molar-refractivity contribution < 1.29 is 28.6 Å². The molecule has 0 aliphatic rings. The highest BCUT2D eigenvalue weighted by atomic mass is 16.6. The van der Waals surface area contributed by atoms with Crippen molar-refractivity contribution in [3.8, 4) is 0 Å². The Morgan fingerprint density at radius 3 is 0.704 bits per heavy atom. The van der Waals surface area contributed by atoms with Crippen LogP contribution in [0.5, 0.6) is 0 Å². The minimum absolute atomic E-state index is 0.0661. The van der Waals surface area contributed by atoms with E-state index in [0.29, 0.717) is 19.3 Å². The molecule has 0 aliphatic heterocycles. The highest BCUT2D eigenvalue weighted by molar-refractivity contribution is 5.71. The minimum Gasteiger partial charge on any atom is -0.462 e. The van der Waals surface area contributed by atoms with E-state index in [4.69, 9.17) is 14.2 Å². The van der Waals surface area contributed by atoms with E-state index in [1.165, 1.54) is 315 Å². The molecule has 6 nitrogen and oxygen atoms in total. The van der Waals surface area contributed by atoms with E-state index in [1.807, 2.05) is 0 Å². The third-order valence-corrected chi connectivity index (χ3v) is 17.0. The van der Waals surface area contributed by atoms with Gasteiger partial charge in [0.2, 0.25) is 0 Å². The SMILES string of the molecule is CCCCC/C=C\C/C=C\CCCCCCCCCCCC(=O)OC(COC(=O)CCCCCCCCCCCCCCCCCCCCC)COC(=O)CCCCCCCCCCCCCCCCCCCCCCCCCCC. The van der Waals surface area contributed by atoms with E-state index in [9.17, 15) is 14.4 Å². The third kappa shape index (κ3) is 68.6. The number of hydrogen-bond donors (Lipinski definition) is 0. The van der Waals surface area contributed by atoms with Crippen molar-refractivity contribution in [2.45, 2.75) is 425 Å². The van der Waals surface area contributed by atoms with E-state index in [-0.39, 0.29) is 31.1 Å². The zero-order chi connectivity index (χ0) is 58.5.